The smallest absolute Gasteiger partial charge is 0.246 e. The Morgan fingerprint density at radius 2 is 1.70 bits per heavy atom. The summed E-state index contributed by atoms with van der Waals surface area (Å²) in [5.41, 5.74) is 18.1. The van der Waals surface area contributed by atoms with Crippen LogP contribution in [-0.2, 0) is 55.3 Å². The standard InChI is InChI=1S/C42H64N10O13S/c1-6-19(2)35(45)40(62)47-15-34(58)48-28-11-25-24(7-8-32(65-5)26(25)18-66)20(3)9-27(37(59)46-14-23(55)13-43)49-41(63)36(21(4)31(56)17-53)51-39(61)30-10-22(54)16-52(30)42(64)29(12-33(44)57)50-38(28)60/h7-8,19,21-22,27-31,35-36,53-54,56,66H,3,6,9-18,43,45H2,1-2,4-5H3,(H2,44,57)(H,46,59)(H,47,62)(H,48,58)(H,49,63)(H,50,60)(H,51,61)/t19-,21-,22+,27-,28-,29-,30-,31?,35-,36-/m0/s1. The van der Waals surface area contributed by atoms with Crippen molar-refractivity contribution in [2.75, 3.05) is 39.9 Å². The largest absolute Gasteiger partial charge is 0.496 e. The average Bonchev–Trinajstić information content (AvgIpc) is 3.69. The lowest BCUT2D eigenvalue weighted by molar-refractivity contribution is -0.144. The van der Waals surface area contributed by atoms with Gasteiger partial charge in [0, 0.05) is 43.0 Å². The number of aliphatic hydroxyl groups is 3. The van der Waals surface area contributed by atoms with Crippen LogP contribution in [0.25, 0.3) is 5.57 Å². The molecular formula is C42H64N10O13S. The van der Waals surface area contributed by atoms with E-state index in [2.05, 4.69) is 51.1 Å². The zero-order valence-electron chi connectivity index (χ0n) is 37.5. The molecule has 366 valence electrons. The van der Waals surface area contributed by atoms with E-state index in [0.29, 0.717) is 12.0 Å². The number of aliphatic hydroxyl groups excluding tert-OH is 3. The number of hydrogen-bond donors (Lipinski definition) is 13. The minimum absolute atomic E-state index is 0.0404. The van der Waals surface area contributed by atoms with Gasteiger partial charge in [0.25, 0.3) is 0 Å². The van der Waals surface area contributed by atoms with Gasteiger partial charge in [0.05, 0.1) is 58.0 Å². The van der Waals surface area contributed by atoms with E-state index >= 15 is 0 Å². The quantitative estimate of drug-likeness (QED) is 0.0651. The molecule has 1 saturated heterocycles. The van der Waals surface area contributed by atoms with Crippen molar-refractivity contribution in [3.63, 3.8) is 0 Å². The van der Waals surface area contributed by atoms with Crippen LogP contribution in [0.15, 0.2) is 18.7 Å². The van der Waals surface area contributed by atoms with Gasteiger partial charge < -0.3 is 74.1 Å². The van der Waals surface area contributed by atoms with Gasteiger partial charge in [-0.25, -0.2) is 0 Å². The van der Waals surface area contributed by atoms with Crippen LogP contribution in [0.3, 0.4) is 0 Å². The molecule has 10 atom stereocenters. The Balaban J connectivity index is 2.31. The molecule has 0 bridgehead atoms. The lowest BCUT2D eigenvalue weighted by Crippen LogP contribution is -2.61. The second-order valence-electron chi connectivity index (χ2n) is 16.4. The number of rotatable bonds is 17. The SMILES string of the molecule is C=C1C[C@@H](C(=O)NCC(=O)CN)NC(=O)[C@H]([C@@H](C)C(O)CO)NC(=O)[C@@H]2C[C@@H](O)CN2C(=O)[C@H](CC(N)=O)NC(=O)[C@@H](NC(=O)CNC(=O)[C@@H](N)[C@@H](C)CC)Cc2c1ccc(OC)c2CS. The molecule has 2 aliphatic rings. The van der Waals surface area contributed by atoms with Crippen LogP contribution in [0.1, 0.15) is 63.1 Å². The lowest BCUT2D eigenvalue weighted by atomic mass is 9.88. The molecule has 0 aromatic heterocycles. The van der Waals surface area contributed by atoms with Crippen molar-refractivity contribution in [3.8, 4) is 5.75 Å². The average molecular weight is 949 g/mol. The molecule has 0 radical (unpaired) electrons. The highest BCUT2D eigenvalue weighted by molar-refractivity contribution is 7.79. The number of Topliss-reactive ketones (excluding diaryl/α,β-unsaturated/α-hetero) is 1. The Bertz CT molecular complexity index is 2010. The molecule has 1 fully saturated rings. The summed E-state index contributed by atoms with van der Waals surface area (Å²) in [6.45, 7) is 6.15. The number of benzene rings is 1. The first kappa shape index (κ1) is 54.7. The number of carbonyl (C=O) groups is 9. The van der Waals surface area contributed by atoms with Crippen LogP contribution in [0.5, 0.6) is 5.75 Å². The maximum absolute atomic E-state index is 14.5. The van der Waals surface area contributed by atoms with E-state index in [4.69, 9.17) is 21.9 Å². The van der Waals surface area contributed by atoms with Gasteiger partial charge in [0.1, 0.15) is 36.0 Å². The maximum atomic E-state index is 14.5. The van der Waals surface area contributed by atoms with Crippen LogP contribution >= 0.6 is 12.6 Å². The van der Waals surface area contributed by atoms with Crippen molar-refractivity contribution in [1.82, 2.24) is 36.8 Å². The molecule has 3 rings (SSSR count). The fourth-order valence-electron chi connectivity index (χ4n) is 7.52. The third-order valence-electron chi connectivity index (χ3n) is 11.7. The molecule has 1 aromatic rings. The van der Waals surface area contributed by atoms with Crippen molar-refractivity contribution >= 4 is 71.2 Å². The number of amides is 8. The van der Waals surface area contributed by atoms with Crippen LogP contribution in [-0.4, -0.2) is 162 Å². The number of ether oxygens (including phenoxy) is 1. The number of methoxy groups -OCH3 is 1. The summed E-state index contributed by atoms with van der Waals surface area (Å²) in [4.78, 5) is 123. The topological polar surface area (TPSA) is 377 Å². The van der Waals surface area contributed by atoms with Gasteiger partial charge >= 0.3 is 0 Å². The summed E-state index contributed by atoms with van der Waals surface area (Å²) in [7, 11) is 1.37. The molecule has 66 heavy (non-hydrogen) atoms. The lowest BCUT2D eigenvalue weighted by Gasteiger charge is -2.33. The Morgan fingerprint density at radius 3 is 2.29 bits per heavy atom. The van der Waals surface area contributed by atoms with E-state index in [1.54, 1.807) is 13.0 Å². The van der Waals surface area contributed by atoms with E-state index in [1.807, 2.05) is 6.92 Å². The number of fused-ring (bicyclic) bond motifs is 2. The van der Waals surface area contributed by atoms with E-state index in [0.717, 1.165) is 4.90 Å². The number of ketones is 1. The van der Waals surface area contributed by atoms with Gasteiger partial charge in [0.2, 0.25) is 47.3 Å². The van der Waals surface area contributed by atoms with Crippen molar-refractivity contribution in [3.05, 3.63) is 35.4 Å². The molecule has 23 nitrogen and oxygen atoms in total. The zero-order valence-corrected chi connectivity index (χ0v) is 38.4. The van der Waals surface area contributed by atoms with Gasteiger partial charge in [-0.1, -0.05) is 39.8 Å². The van der Waals surface area contributed by atoms with E-state index in [-0.39, 0.29) is 34.1 Å². The first-order chi connectivity index (χ1) is 31.1. The Morgan fingerprint density at radius 1 is 1.02 bits per heavy atom. The number of nitrogens with two attached hydrogens (primary N) is 3. The Kier molecular flexibility index (Phi) is 21.0. The molecule has 24 heteroatoms. The minimum atomic E-state index is -1.79. The van der Waals surface area contributed by atoms with Crippen molar-refractivity contribution in [2.45, 2.75) is 107 Å². The van der Waals surface area contributed by atoms with Crippen LogP contribution in [0.2, 0.25) is 0 Å². The van der Waals surface area contributed by atoms with Gasteiger partial charge in [-0.3, -0.25) is 43.2 Å². The Labute approximate surface area is 387 Å². The predicted octanol–water partition coefficient (Wildman–Crippen LogP) is -5.02. The molecule has 0 spiro atoms. The van der Waals surface area contributed by atoms with Crippen molar-refractivity contribution in [1.29, 1.82) is 0 Å². The highest BCUT2D eigenvalue weighted by atomic mass is 32.1. The highest BCUT2D eigenvalue weighted by Gasteiger charge is 2.45. The number of primary amides is 1. The molecule has 15 N–H and O–H groups in total. The first-order valence-electron chi connectivity index (χ1n) is 21.4. The number of carbonyl (C=O) groups excluding carboxylic acids is 9. The molecule has 1 unspecified atom stereocenters. The molecular weight excluding hydrogens is 885 g/mol. The molecule has 2 aliphatic heterocycles. The minimum Gasteiger partial charge on any atom is -0.496 e. The van der Waals surface area contributed by atoms with E-state index in [9.17, 15) is 58.5 Å². The van der Waals surface area contributed by atoms with Gasteiger partial charge in [-0.05, 0) is 28.7 Å². The molecule has 1 aromatic carbocycles. The second kappa shape index (κ2) is 25.3. The highest BCUT2D eigenvalue weighted by Crippen LogP contribution is 2.34. The summed E-state index contributed by atoms with van der Waals surface area (Å²) < 4.78 is 5.61. The number of thiol groups is 1. The summed E-state index contributed by atoms with van der Waals surface area (Å²) in [5.74, 6) is -9.49. The first-order valence-corrected chi connectivity index (χ1v) is 22.0. The maximum Gasteiger partial charge on any atom is 0.246 e. The van der Waals surface area contributed by atoms with E-state index < -0.39 is 166 Å². The third-order valence-corrected chi connectivity index (χ3v) is 12.1. The predicted molar refractivity (Wildman–Crippen MR) is 240 cm³/mol. The molecule has 0 saturated carbocycles. The molecule has 8 amide bonds. The fraction of sp³-hybridized carbons (Fsp3) is 0.595. The number of nitrogens with one attached hydrogen (secondary N) is 6. The van der Waals surface area contributed by atoms with Gasteiger partial charge in [-0.2, -0.15) is 12.6 Å². The second-order valence-corrected chi connectivity index (χ2v) is 16.8. The third kappa shape index (κ3) is 14.4. The monoisotopic (exact) mass is 948 g/mol. The summed E-state index contributed by atoms with van der Waals surface area (Å²) in [6.07, 6.45) is -4.40. The fourth-order valence-corrected chi connectivity index (χ4v) is 7.87. The zero-order chi connectivity index (χ0) is 49.6. The Hall–Kier alpha value is -5.66. The van der Waals surface area contributed by atoms with Crippen molar-refractivity contribution in [2.24, 2.45) is 29.0 Å². The van der Waals surface area contributed by atoms with Crippen molar-refractivity contribution < 1.29 is 63.2 Å². The number of hydrogen-bond acceptors (Lipinski definition) is 16. The van der Waals surface area contributed by atoms with Crippen LogP contribution in [0, 0.1) is 11.8 Å². The normalized spacial score (nSPS) is 23.8. The van der Waals surface area contributed by atoms with Gasteiger partial charge in [-0.15, -0.1) is 0 Å². The number of nitrogens with zero attached hydrogens (tertiary/aromatic N) is 1. The molecule has 0 aliphatic carbocycles. The summed E-state index contributed by atoms with van der Waals surface area (Å²) in [6, 6.07) is -6.11. The van der Waals surface area contributed by atoms with Crippen LogP contribution in [0.4, 0.5) is 0 Å². The van der Waals surface area contributed by atoms with Crippen LogP contribution < -0.4 is 53.8 Å². The van der Waals surface area contributed by atoms with Gasteiger partial charge in [0.15, 0.2) is 5.78 Å². The summed E-state index contributed by atoms with van der Waals surface area (Å²) in [5, 5.41) is 46.2. The summed E-state index contributed by atoms with van der Waals surface area (Å²) >= 11 is 4.52. The molecule has 2 heterocycles. The van der Waals surface area contributed by atoms with E-state index in [1.165, 1.54) is 20.1 Å².